The van der Waals surface area contributed by atoms with E-state index in [-0.39, 0.29) is 5.91 Å². The molecule has 1 aliphatic rings. The molecule has 0 bridgehead atoms. The number of thiophene rings is 1. The van der Waals surface area contributed by atoms with Crippen molar-refractivity contribution < 1.29 is 14.3 Å². The van der Waals surface area contributed by atoms with Crippen LogP contribution in [0.15, 0.2) is 35.7 Å². The lowest BCUT2D eigenvalue weighted by atomic mass is 10.2. The molecule has 1 aromatic carbocycles. The summed E-state index contributed by atoms with van der Waals surface area (Å²) >= 11 is 1.71. The highest BCUT2D eigenvalue weighted by atomic mass is 32.1. The lowest BCUT2D eigenvalue weighted by molar-refractivity contribution is -0.117. The third kappa shape index (κ3) is 4.49. The number of hydrogen-bond donors (Lipinski definition) is 1. The van der Waals surface area contributed by atoms with Gasteiger partial charge in [0.25, 0.3) is 0 Å². The van der Waals surface area contributed by atoms with Crippen molar-refractivity contribution in [3.8, 4) is 11.5 Å². The molecule has 5 nitrogen and oxygen atoms in total. The summed E-state index contributed by atoms with van der Waals surface area (Å²) in [4.78, 5) is 15.7. The molecular weight excluding hydrogens is 324 g/mol. The molecule has 0 atom stereocenters. The molecular formula is C18H22N2O3S. The molecule has 0 aliphatic carbocycles. The lowest BCUT2D eigenvalue weighted by Crippen LogP contribution is -2.32. The molecule has 6 heteroatoms. The lowest BCUT2D eigenvalue weighted by Gasteiger charge is -2.19. The Hall–Kier alpha value is -2.05. The minimum absolute atomic E-state index is 0.0251. The van der Waals surface area contributed by atoms with Crippen LogP contribution >= 0.6 is 11.3 Å². The zero-order chi connectivity index (χ0) is 16.8. The monoisotopic (exact) mass is 346 g/mol. The SMILES string of the molecule is CCN(CC(=O)Nc1ccc2c(c1)OCCCO2)Cc1cccs1. The Labute approximate surface area is 146 Å². The summed E-state index contributed by atoms with van der Waals surface area (Å²) < 4.78 is 11.3. The molecule has 24 heavy (non-hydrogen) atoms. The Morgan fingerprint density at radius 3 is 2.83 bits per heavy atom. The number of ether oxygens (including phenoxy) is 2. The first kappa shape index (κ1) is 16.8. The summed E-state index contributed by atoms with van der Waals surface area (Å²) in [5.41, 5.74) is 0.733. The van der Waals surface area contributed by atoms with Crippen molar-refractivity contribution in [2.75, 3.05) is 31.6 Å². The molecule has 0 saturated carbocycles. The van der Waals surface area contributed by atoms with Crippen molar-refractivity contribution in [1.29, 1.82) is 0 Å². The highest BCUT2D eigenvalue weighted by molar-refractivity contribution is 7.09. The number of likely N-dealkylation sites (N-methyl/N-ethyl adjacent to an activating group) is 1. The van der Waals surface area contributed by atoms with Gasteiger partial charge in [0, 0.05) is 29.6 Å². The van der Waals surface area contributed by atoms with E-state index in [4.69, 9.17) is 9.47 Å². The van der Waals surface area contributed by atoms with Crippen LogP contribution in [0.3, 0.4) is 0 Å². The van der Waals surface area contributed by atoms with E-state index in [1.807, 2.05) is 24.3 Å². The van der Waals surface area contributed by atoms with Crippen molar-refractivity contribution in [3.63, 3.8) is 0 Å². The number of benzene rings is 1. The van der Waals surface area contributed by atoms with Crippen molar-refractivity contribution in [1.82, 2.24) is 4.90 Å². The Morgan fingerprint density at radius 1 is 1.25 bits per heavy atom. The van der Waals surface area contributed by atoms with Gasteiger partial charge in [-0.25, -0.2) is 0 Å². The van der Waals surface area contributed by atoms with E-state index in [2.05, 4.69) is 28.6 Å². The van der Waals surface area contributed by atoms with Crippen molar-refractivity contribution in [2.24, 2.45) is 0 Å². The van der Waals surface area contributed by atoms with Crippen molar-refractivity contribution in [2.45, 2.75) is 19.9 Å². The molecule has 0 radical (unpaired) electrons. The van der Waals surface area contributed by atoms with Crippen LogP contribution in [0, 0.1) is 0 Å². The maximum atomic E-state index is 12.3. The Kier molecular flexibility index (Phi) is 5.72. The number of carbonyl (C=O) groups is 1. The van der Waals surface area contributed by atoms with Crippen LogP contribution in [0.25, 0.3) is 0 Å². The minimum Gasteiger partial charge on any atom is -0.490 e. The molecule has 2 aromatic rings. The number of carbonyl (C=O) groups excluding carboxylic acids is 1. The standard InChI is InChI=1S/C18H22N2O3S/c1-2-20(12-15-5-3-10-24-15)13-18(21)19-14-6-7-16-17(11-14)23-9-4-8-22-16/h3,5-7,10-11H,2,4,8-9,12-13H2,1H3,(H,19,21). The van der Waals surface area contributed by atoms with Crippen molar-refractivity contribution >= 4 is 22.9 Å². The summed E-state index contributed by atoms with van der Waals surface area (Å²) in [5, 5.41) is 5.00. The second-order valence-electron chi connectivity index (χ2n) is 5.64. The third-order valence-electron chi connectivity index (χ3n) is 3.81. The van der Waals surface area contributed by atoms with Gasteiger partial charge in [0.05, 0.1) is 19.8 Å². The largest absolute Gasteiger partial charge is 0.490 e. The first-order chi connectivity index (χ1) is 11.7. The maximum absolute atomic E-state index is 12.3. The molecule has 0 fully saturated rings. The molecule has 2 heterocycles. The maximum Gasteiger partial charge on any atom is 0.238 e. The first-order valence-corrected chi connectivity index (χ1v) is 9.07. The molecule has 3 rings (SSSR count). The minimum atomic E-state index is -0.0251. The van der Waals surface area contributed by atoms with Crippen LogP contribution < -0.4 is 14.8 Å². The molecule has 1 aromatic heterocycles. The quantitative estimate of drug-likeness (QED) is 0.871. The van der Waals surface area contributed by atoms with Gasteiger partial charge in [-0.1, -0.05) is 13.0 Å². The fraction of sp³-hybridized carbons (Fsp3) is 0.389. The summed E-state index contributed by atoms with van der Waals surface area (Å²) in [6.07, 6.45) is 0.866. The Balaban J connectivity index is 1.58. The average Bonchev–Trinajstić information content (AvgIpc) is 2.97. The van der Waals surface area contributed by atoms with Gasteiger partial charge in [-0.2, -0.15) is 0 Å². The van der Waals surface area contributed by atoms with Crippen LogP contribution in [0.2, 0.25) is 0 Å². The van der Waals surface area contributed by atoms with Crippen molar-refractivity contribution in [3.05, 3.63) is 40.6 Å². The van der Waals surface area contributed by atoms with Gasteiger partial charge in [-0.3, -0.25) is 9.69 Å². The topological polar surface area (TPSA) is 50.8 Å². The zero-order valence-corrected chi connectivity index (χ0v) is 14.6. The van der Waals surface area contributed by atoms with Gasteiger partial charge >= 0.3 is 0 Å². The van der Waals surface area contributed by atoms with Crippen LogP contribution in [0.1, 0.15) is 18.2 Å². The highest BCUT2D eigenvalue weighted by Gasteiger charge is 2.14. The second-order valence-corrected chi connectivity index (χ2v) is 6.68. The number of hydrogen-bond acceptors (Lipinski definition) is 5. The van der Waals surface area contributed by atoms with E-state index < -0.39 is 0 Å². The predicted octanol–water partition coefficient (Wildman–Crippen LogP) is 3.37. The Morgan fingerprint density at radius 2 is 2.08 bits per heavy atom. The molecule has 128 valence electrons. The van der Waals surface area contributed by atoms with E-state index in [0.29, 0.717) is 25.5 Å². The summed E-state index contributed by atoms with van der Waals surface area (Å²) in [5.74, 6) is 1.40. The van der Waals surface area contributed by atoms with Crippen LogP contribution in [-0.2, 0) is 11.3 Å². The van der Waals surface area contributed by atoms with Gasteiger partial charge in [0.1, 0.15) is 0 Å². The summed E-state index contributed by atoms with van der Waals surface area (Å²) in [7, 11) is 0. The van der Waals surface area contributed by atoms with Crippen LogP contribution in [-0.4, -0.2) is 37.1 Å². The molecule has 0 saturated heterocycles. The van der Waals surface area contributed by atoms with Gasteiger partial charge in [-0.15, -0.1) is 11.3 Å². The highest BCUT2D eigenvalue weighted by Crippen LogP contribution is 2.32. The summed E-state index contributed by atoms with van der Waals surface area (Å²) in [6.45, 7) is 5.34. The molecule has 1 aliphatic heterocycles. The molecule has 1 amide bonds. The van der Waals surface area contributed by atoms with E-state index >= 15 is 0 Å². The van der Waals surface area contributed by atoms with Crippen LogP contribution in [0.4, 0.5) is 5.69 Å². The van der Waals surface area contributed by atoms with Gasteiger partial charge in [0.15, 0.2) is 11.5 Å². The number of amides is 1. The number of anilines is 1. The van der Waals surface area contributed by atoms with E-state index in [1.54, 1.807) is 11.3 Å². The first-order valence-electron chi connectivity index (χ1n) is 8.19. The third-order valence-corrected chi connectivity index (χ3v) is 4.67. The normalized spacial score (nSPS) is 13.6. The number of nitrogens with one attached hydrogen (secondary N) is 1. The zero-order valence-electron chi connectivity index (χ0n) is 13.8. The number of nitrogens with zero attached hydrogens (tertiary/aromatic N) is 1. The molecule has 0 spiro atoms. The van der Waals surface area contributed by atoms with Gasteiger partial charge in [-0.05, 0) is 30.1 Å². The number of fused-ring (bicyclic) bond motifs is 1. The predicted molar refractivity (Wildman–Crippen MR) is 95.9 cm³/mol. The van der Waals surface area contributed by atoms with E-state index in [0.717, 1.165) is 30.9 Å². The van der Waals surface area contributed by atoms with Gasteiger partial charge < -0.3 is 14.8 Å². The van der Waals surface area contributed by atoms with E-state index in [9.17, 15) is 4.79 Å². The Bertz CT molecular complexity index is 673. The molecule has 0 unspecified atom stereocenters. The van der Waals surface area contributed by atoms with Gasteiger partial charge in [0.2, 0.25) is 5.91 Å². The number of rotatable bonds is 6. The average molecular weight is 346 g/mol. The smallest absolute Gasteiger partial charge is 0.238 e. The molecule has 1 N–H and O–H groups in total. The van der Waals surface area contributed by atoms with E-state index in [1.165, 1.54) is 4.88 Å². The summed E-state index contributed by atoms with van der Waals surface area (Å²) in [6, 6.07) is 9.65. The van der Waals surface area contributed by atoms with Crippen LogP contribution in [0.5, 0.6) is 11.5 Å². The fourth-order valence-corrected chi connectivity index (χ4v) is 3.29. The fourth-order valence-electron chi connectivity index (χ4n) is 2.55. The second kappa shape index (κ2) is 8.17.